The van der Waals surface area contributed by atoms with Crippen molar-refractivity contribution in [3.05, 3.63) is 52.0 Å². The van der Waals surface area contributed by atoms with E-state index in [1.54, 1.807) is 40.9 Å². The van der Waals surface area contributed by atoms with E-state index < -0.39 is 11.9 Å². The maximum absolute atomic E-state index is 12.6. The van der Waals surface area contributed by atoms with E-state index in [-0.39, 0.29) is 30.6 Å². The van der Waals surface area contributed by atoms with Crippen molar-refractivity contribution < 1.29 is 19.5 Å². The molecule has 1 N–H and O–H groups in total. The minimum absolute atomic E-state index is 0.0198. The molecule has 0 aromatic carbocycles. The summed E-state index contributed by atoms with van der Waals surface area (Å²) < 4.78 is 0. The summed E-state index contributed by atoms with van der Waals surface area (Å²) in [6, 6.07) is 5.33. The van der Waals surface area contributed by atoms with Crippen molar-refractivity contribution in [1.29, 1.82) is 0 Å². The fourth-order valence-electron chi connectivity index (χ4n) is 3.15. The molecule has 3 rings (SSSR count). The second-order valence-electron chi connectivity index (χ2n) is 6.18. The van der Waals surface area contributed by atoms with Crippen LogP contribution in [0.4, 0.5) is 0 Å². The van der Waals surface area contributed by atoms with Crippen molar-refractivity contribution in [1.82, 2.24) is 9.88 Å². The molecule has 1 aliphatic heterocycles. The average Bonchev–Trinajstić information content (AvgIpc) is 3.22. The molecule has 1 saturated heterocycles. The highest BCUT2D eigenvalue weighted by Gasteiger charge is 2.40. The molecule has 1 aliphatic rings. The lowest BCUT2D eigenvalue weighted by atomic mass is 9.90. The van der Waals surface area contributed by atoms with Gasteiger partial charge in [0.1, 0.15) is 0 Å². The number of hydrogen-bond donors (Lipinski definition) is 1. The fraction of sp³-hybridized carbons (Fsp3) is 0.333. The number of likely N-dealkylation sites (tertiary alicyclic amines) is 1. The third-order valence-electron chi connectivity index (χ3n) is 4.48. The van der Waals surface area contributed by atoms with Crippen LogP contribution in [-0.2, 0) is 16.0 Å². The Balaban J connectivity index is 1.73. The molecule has 130 valence electrons. The topological polar surface area (TPSA) is 87.6 Å². The van der Waals surface area contributed by atoms with Crippen molar-refractivity contribution in [2.24, 2.45) is 5.92 Å². The number of aromatic nitrogens is 1. The molecular formula is C18H18N2O4S. The highest BCUT2D eigenvalue weighted by molar-refractivity contribution is 7.12. The zero-order chi connectivity index (χ0) is 18.0. The Kier molecular flexibility index (Phi) is 4.94. The summed E-state index contributed by atoms with van der Waals surface area (Å²) in [5.41, 5.74) is 1.67. The number of aliphatic carboxylic acids is 1. The van der Waals surface area contributed by atoms with Crippen LogP contribution in [0.1, 0.15) is 33.6 Å². The van der Waals surface area contributed by atoms with Crippen LogP contribution in [0.3, 0.4) is 0 Å². The predicted molar refractivity (Wildman–Crippen MR) is 92.7 cm³/mol. The molecule has 3 heterocycles. The predicted octanol–water partition coefficient (Wildman–Crippen LogP) is 2.21. The summed E-state index contributed by atoms with van der Waals surface area (Å²) in [6.45, 7) is 2.07. The molecule has 6 nitrogen and oxygen atoms in total. The first-order valence-corrected chi connectivity index (χ1v) is 8.82. The third-order valence-corrected chi connectivity index (χ3v) is 5.56. The molecule has 0 saturated carbocycles. The Morgan fingerprint density at radius 3 is 2.60 bits per heavy atom. The van der Waals surface area contributed by atoms with Crippen LogP contribution >= 0.6 is 11.3 Å². The van der Waals surface area contributed by atoms with Crippen molar-refractivity contribution >= 4 is 29.0 Å². The Labute approximate surface area is 149 Å². The number of carboxylic acids is 1. The van der Waals surface area contributed by atoms with Gasteiger partial charge in [0.2, 0.25) is 5.91 Å². The highest BCUT2D eigenvalue weighted by atomic mass is 32.1. The second kappa shape index (κ2) is 7.14. The van der Waals surface area contributed by atoms with E-state index in [1.165, 1.54) is 18.3 Å². The van der Waals surface area contributed by atoms with Gasteiger partial charge in [0.05, 0.1) is 17.2 Å². The maximum Gasteiger partial charge on any atom is 0.308 e. The Morgan fingerprint density at radius 1 is 1.28 bits per heavy atom. The van der Waals surface area contributed by atoms with E-state index in [4.69, 9.17) is 0 Å². The Hall–Kier alpha value is -2.54. The first kappa shape index (κ1) is 17.3. The molecule has 25 heavy (non-hydrogen) atoms. The number of hydrogen-bond acceptors (Lipinski definition) is 5. The number of nitrogens with zero attached hydrogens (tertiary/aromatic N) is 2. The number of carboxylic acid groups (broad SMARTS) is 1. The Morgan fingerprint density at radius 2 is 2.00 bits per heavy atom. The highest BCUT2D eigenvalue weighted by Crippen LogP contribution is 2.33. The van der Waals surface area contributed by atoms with E-state index in [0.717, 1.165) is 11.1 Å². The number of pyridine rings is 1. The molecule has 2 aromatic heterocycles. The van der Waals surface area contributed by atoms with Gasteiger partial charge < -0.3 is 10.0 Å². The van der Waals surface area contributed by atoms with Gasteiger partial charge in [-0.05, 0) is 41.6 Å². The molecule has 1 fully saturated rings. The molecule has 7 heteroatoms. The number of amides is 1. The average molecular weight is 358 g/mol. The van der Waals surface area contributed by atoms with E-state index >= 15 is 0 Å². The lowest BCUT2D eigenvalue weighted by Gasteiger charge is -2.16. The molecule has 0 unspecified atom stereocenters. The normalized spacial score (nSPS) is 19.8. The summed E-state index contributed by atoms with van der Waals surface area (Å²) in [4.78, 5) is 41.7. The van der Waals surface area contributed by atoms with Crippen LogP contribution in [0.25, 0.3) is 0 Å². The minimum atomic E-state index is -0.897. The quantitative estimate of drug-likeness (QED) is 0.828. The first-order chi connectivity index (χ1) is 12.0. The van der Waals surface area contributed by atoms with Crippen LogP contribution in [0.5, 0.6) is 0 Å². The second-order valence-corrected chi connectivity index (χ2v) is 7.09. The van der Waals surface area contributed by atoms with Crippen LogP contribution < -0.4 is 0 Å². The van der Waals surface area contributed by atoms with E-state index in [0.29, 0.717) is 11.4 Å². The summed E-state index contributed by atoms with van der Waals surface area (Å²) in [7, 11) is 0. The van der Waals surface area contributed by atoms with E-state index in [1.807, 2.05) is 0 Å². The molecule has 2 aromatic rings. The van der Waals surface area contributed by atoms with Crippen molar-refractivity contribution in [3.63, 3.8) is 0 Å². The zero-order valence-electron chi connectivity index (χ0n) is 13.7. The Bertz CT molecular complexity index is 802. The standard InChI is InChI=1S/C18H18N2O4S/c1-11(21)16-6-12(10-25-16)7-17(22)20-8-14(15(9-20)18(23)24)13-2-4-19-5-3-13/h2-6,10,14-15H,7-9H2,1H3,(H,23,24)/t14-,15+/m0/s1. The van der Waals surface area contributed by atoms with Gasteiger partial charge in [-0.25, -0.2) is 0 Å². The van der Waals surface area contributed by atoms with Crippen LogP contribution in [0.2, 0.25) is 0 Å². The number of thiophene rings is 1. The summed E-state index contributed by atoms with van der Waals surface area (Å²) in [6.07, 6.45) is 3.44. The third kappa shape index (κ3) is 3.76. The van der Waals surface area contributed by atoms with Gasteiger partial charge >= 0.3 is 5.97 Å². The van der Waals surface area contributed by atoms with E-state index in [9.17, 15) is 19.5 Å². The van der Waals surface area contributed by atoms with Crippen molar-refractivity contribution in [3.8, 4) is 0 Å². The molecule has 0 bridgehead atoms. The minimum Gasteiger partial charge on any atom is -0.481 e. The molecule has 1 amide bonds. The lowest BCUT2D eigenvalue weighted by molar-refractivity contribution is -0.141. The van der Waals surface area contributed by atoms with Gasteiger partial charge in [0.15, 0.2) is 5.78 Å². The molecule has 0 spiro atoms. The van der Waals surface area contributed by atoms with Crippen LogP contribution in [0, 0.1) is 5.92 Å². The summed E-state index contributed by atoms with van der Waals surface area (Å²) in [5.74, 6) is -1.89. The molecular weight excluding hydrogens is 340 g/mol. The number of carbonyl (C=O) groups is 3. The van der Waals surface area contributed by atoms with Crippen molar-refractivity contribution in [2.45, 2.75) is 19.3 Å². The molecule has 0 aliphatic carbocycles. The molecule has 2 atom stereocenters. The zero-order valence-corrected chi connectivity index (χ0v) is 14.5. The number of carbonyl (C=O) groups excluding carboxylic acids is 2. The lowest BCUT2D eigenvalue weighted by Crippen LogP contribution is -2.31. The van der Waals surface area contributed by atoms with Crippen LogP contribution in [-0.4, -0.2) is 45.7 Å². The van der Waals surface area contributed by atoms with Gasteiger partial charge in [0, 0.05) is 31.4 Å². The van der Waals surface area contributed by atoms with Gasteiger partial charge in [-0.2, -0.15) is 0 Å². The van der Waals surface area contributed by atoms with Crippen molar-refractivity contribution in [2.75, 3.05) is 13.1 Å². The SMILES string of the molecule is CC(=O)c1cc(CC(=O)N2C[C@@H](C(=O)O)[C@H](c3ccncc3)C2)cs1. The van der Waals surface area contributed by atoms with Gasteiger partial charge in [-0.1, -0.05) is 0 Å². The fourth-order valence-corrected chi connectivity index (χ4v) is 3.96. The monoisotopic (exact) mass is 358 g/mol. The first-order valence-electron chi connectivity index (χ1n) is 7.94. The summed E-state index contributed by atoms with van der Waals surface area (Å²) in [5, 5.41) is 11.3. The van der Waals surface area contributed by atoms with Gasteiger partial charge in [-0.3, -0.25) is 19.4 Å². The number of Topliss-reactive ketones (excluding diaryl/α,β-unsaturated/α-hetero) is 1. The summed E-state index contributed by atoms with van der Waals surface area (Å²) >= 11 is 1.32. The van der Waals surface area contributed by atoms with E-state index in [2.05, 4.69) is 4.98 Å². The largest absolute Gasteiger partial charge is 0.481 e. The number of rotatable bonds is 5. The van der Waals surface area contributed by atoms with Gasteiger partial charge in [-0.15, -0.1) is 11.3 Å². The van der Waals surface area contributed by atoms with Gasteiger partial charge in [0.25, 0.3) is 0 Å². The smallest absolute Gasteiger partial charge is 0.308 e. The number of ketones is 1. The molecule has 0 radical (unpaired) electrons. The van der Waals surface area contributed by atoms with Crippen LogP contribution in [0.15, 0.2) is 36.0 Å². The maximum atomic E-state index is 12.6.